The molecule has 0 aliphatic carbocycles. The Labute approximate surface area is 71.7 Å². The predicted molar refractivity (Wildman–Crippen MR) is 51.3 cm³/mol. The topological polar surface area (TPSA) is 0 Å². The van der Waals surface area contributed by atoms with Gasteiger partial charge < -0.3 is 6.08 Å². The molecule has 0 aliphatic heterocycles. The Hall–Kier alpha value is -0.260. The standard InChI is InChI=1S/C11H21/c1-5-7-8-9-11(4)10(3)6-2/h10-11H,1,6-9H2,2-4H3/q-1. The van der Waals surface area contributed by atoms with Crippen LogP contribution in [0.1, 0.15) is 46.5 Å². The Bertz CT molecular complexity index is 94.2. The Morgan fingerprint density at radius 3 is 2.36 bits per heavy atom. The van der Waals surface area contributed by atoms with Gasteiger partial charge >= 0.3 is 0 Å². The van der Waals surface area contributed by atoms with Crippen LogP contribution < -0.4 is 0 Å². The fourth-order valence-corrected chi connectivity index (χ4v) is 1.24. The molecule has 0 saturated heterocycles. The van der Waals surface area contributed by atoms with E-state index in [4.69, 9.17) is 0 Å². The van der Waals surface area contributed by atoms with Gasteiger partial charge in [-0.25, -0.2) is 0 Å². The van der Waals surface area contributed by atoms with Gasteiger partial charge in [-0.2, -0.15) is 6.42 Å². The molecule has 0 spiro atoms. The van der Waals surface area contributed by atoms with Gasteiger partial charge in [0.2, 0.25) is 0 Å². The highest BCUT2D eigenvalue weighted by molar-refractivity contribution is 4.62. The molecule has 0 bridgehead atoms. The summed E-state index contributed by atoms with van der Waals surface area (Å²) in [7, 11) is 0. The number of allylic oxidation sites excluding steroid dienone is 1. The summed E-state index contributed by atoms with van der Waals surface area (Å²) >= 11 is 0. The van der Waals surface area contributed by atoms with Crippen LogP contribution in [0.3, 0.4) is 0 Å². The van der Waals surface area contributed by atoms with Crippen molar-refractivity contribution in [1.29, 1.82) is 0 Å². The Kier molecular flexibility index (Phi) is 6.30. The second kappa shape index (κ2) is 6.45. The highest BCUT2D eigenvalue weighted by Gasteiger charge is 2.07. The van der Waals surface area contributed by atoms with Crippen molar-refractivity contribution in [3.05, 3.63) is 12.7 Å². The lowest BCUT2D eigenvalue weighted by Gasteiger charge is -2.18. The zero-order valence-corrected chi connectivity index (χ0v) is 8.19. The molecule has 0 fully saturated rings. The Balaban J connectivity index is 3.34. The van der Waals surface area contributed by atoms with E-state index in [9.17, 15) is 0 Å². The second-order valence-electron chi connectivity index (χ2n) is 3.51. The maximum atomic E-state index is 3.60. The molecule has 0 nitrogen and oxygen atoms in total. The van der Waals surface area contributed by atoms with Crippen LogP contribution in [0.25, 0.3) is 0 Å². The van der Waals surface area contributed by atoms with Gasteiger partial charge in [0, 0.05) is 0 Å². The summed E-state index contributed by atoms with van der Waals surface area (Å²) in [6.07, 6.45) is 7.88. The summed E-state index contributed by atoms with van der Waals surface area (Å²) in [6, 6.07) is 0. The van der Waals surface area contributed by atoms with E-state index in [-0.39, 0.29) is 0 Å². The molecule has 0 amide bonds. The molecular weight excluding hydrogens is 132 g/mol. The van der Waals surface area contributed by atoms with Crippen LogP contribution in [0, 0.1) is 17.9 Å². The third-order valence-corrected chi connectivity index (χ3v) is 2.63. The maximum Gasteiger partial charge on any atom is -0.0418 e. The maximum absolute atomic E-state index is 3.60. The highest BCUT2D eigenvalue weighted by atomic mass is 14.1. The summed E-state index contributed by atoms with van der Waals surface area (Å²) in [5.74, 6) is 1.74. The summed E-state index contributed by atoms with van der Waals surface area (Å²) in [5, 5.41) is 0. The van der Waals surface area contributed by atoms with Crippen molar-refractivity contribution in [2.24, 2.45) is 11.8 Å². The molecule has 66 valence electrons. The fourth-order valence-electron chi connectivity index (χ4n) is 1.24. The second-order valence-corrected chi connectivity index (χ2v) is 3.51. The monoisotopic (exact) mass is 153 g/mol. The molecule has 0 heterocycles. The van der Waals surface area contributed by atoms with Crippen LogP contribution in [0.2, 0.25) is 0 Å². The quantitative estimate of drug-likeness (QED) is 0.402. The lowest BCUT2D eigenvalue weighted by molar-refractivity contribution is 0.348. The van der Waals surface area contributed by atoms with E-state index in [1.54, 1.807) is 0 Å². The zero-order chi connectivity index (χ0) is 8.69. The van der Waals surface area contributed by atoms with Gasteiger partial charge in [0.15, 0.2) is 0 Å². The molecule has 2 atom stereocenters. The molecule has 0 rings (SSSR count). The molecule has 0 aromatic rings. The van der Waals surface area contributed by atoms with Gasteiger partial charge in [0.25, 0.3) is 0 Å². The number of rotatable bonds is 6. The van der Waals surface area contributed by atoms with Crippen LogP contribution in [0.5, 0.6) is 0 Å². The smallest absolute Gasteiger partial charge is 0.0418 e. The third-order valence-electron chi connectivity index (χ3n) is 2.63. The van der Waals surface area contributed by atoms with Gasteiger partial charge in [-0.15, -0.1) is 0 Å². The minimum Gasteiger partial charge on any atom is -0.504 e. The van der Waals surface area contributed by atoms with Crippen LogP contribution in [0.15, 0.2) is 6.58 Å². The summed E-state index contributed by atoms with van der Waals surface area (Å²) in [4.78, 5) is 0. The van der Waals surface area contributed by atoms with E-state index in [2.05, 4.69) is 33.4 Å². The molecule has 2 unspecified atom stereocenters. The molecule has 0 saturated carbocycles. The van der Waals surface area contributed by atoms with Gasteiger partial charge in [-0.3, -0.25) is 6.58 Å². The van der Waals surface area contributed by atoms with E-state index in [0.29, 0.717) is 0 Å². The summed E-state index contributed by atoms with van der Waals surface area (Å²) in [6.45, 7) is 10.5. The molecule has 0 heteroatoms. The van der Waals surface area contributed by atoms with Gasteiger partial charge in [-0.05, 0) is 11.8 Å². The molecule has 0 aliphatic rings. The van der Waals surface area contributed by atoms with Gasteiger partial charge in [-0.1, -0.05) is 40.0 Å². The molecular formula is C11H21-. The van der Waals surface area contributed by atoms with Crippen molar-refractivity contribution in [2.45, 2.75) is 46.5 Å². The van der Waals surface area contributed by atoms with E-state index >= 15 is 0 Å². The Morgan fingerprint density at radius 2 is 1.91 bits per heavy atom. The normalized spacial score (nSPS) is 15.9. The SMILES string of the molecule is C=[C-]CCCC(C)C(C)CC. The first kappa shape index (κ1) is 10.7. The minimum atomic E-state index is 0.869. The first-order valence-electron chi connectivity index (χ1n) is 4.72. The summed E-state index contributed by atoms with van der Waals surface area (Å²) in [5.41, 5.74) is 0. The van der Waals surface area contributed by atoms with Crippen molar-refractivity contribution in [2.75, 3.05) is 0 Å². The molecule has 0 aromatic carbocycles. The zero-order valence-electron chi connectivity index (χ0n) is 8.19. The van der Waals surface area contributed by atoms with Crippen LogP contribution in [0.4, 0.5) is 0 Å². The predicted octanol–water partition coefficient (Wildman–Crippen LogP) is 3.83. The average molecular weight is 153 g/mol. The summed E-state index contributed by atoms with van der Waals surface area (Å²) < 4.78 is 0. The molecule has 0 radical (unpaired) electrons. The van der Waals surface area contributed by atoms with Crippen LogP contribution in [-0.2, 0) is 0 Å². The first-order chi connectivity index (χ1) is 5.22. The molecule has 11 heavy (non-hydrogen) atoms. The van der Waals surface area contributed by atoms with Crippen molar-refractivity contribution in [1.82, 2.24) is 0 Å². The lowest BCUT2D eigenvalue weighted by atomic mass is 9.89. The fraction of sp³-hybridized carbons (Fsp3) is 0.818. The first-order valence-corrected chi connectivity index (χ1v) is 4.72. The Morgan fingerprint density at radius 1 is 1.27 bits per heavy atom. The van der Waals surface area contributed by atoms with Crippen LogP contribution in [-0.4, -0.2) is 0 Å². The van der Waals surface area contributed by atoms with E-state index < -0.39 is 0 Å². The van der Waals surface area contributed by atoms with Crippen molar-refractivity contribution >= 4 is 0 Å². The minimum absolute atomic E-state index is 0.869. The van der Waals surface area contributed by atoms with Crippen LogP contribution >= 0.6 is 0 Å². The number of unbranched alkanes of at least 4 members (excludes halogenated alkanes) is 1. The van der Waals surface area contributed by atoms with Crippen molar-refractivity contribution in [3.8, 4) is 0 Å². The van der Waals surface area contributed by atoms with E-state index in [1.165, 1.54) is 19.3 Å². The largest absolute Gasteiger partial charge is 0.504 e. The van der Waals surface area contributed by atoms with E-state index in [1.807, 2.05) is 0 Å². The molecule has 0 N–H and O–H groups in total. The third kappa shape index (κ3) is 5.06. The van der Waals surface area contributed by atoms with E-state index in [0.717, 1.165) is 18.3 Å². The molecule has 0 aromatic heterocycles. The number of hydrogen-bond donors (Lipinski definition) is 0. The van der Waals surface area contributed by atoms with Gasteiger partial charge in [0.05, 0.1) is 0 Å². The van der Waals surface area contributed by atoms with Crippen molar-refractivity contribution < 1.29 is 0 Å². The van der Waals surface area contributed by atoms with Gasteiger partial charge in [0.1, 0.15) is 0 Å². The lowest BCUT2D eigenvalue weighted by Crippen LogP contribution is -2.06. The number of hydrogen-bond acceptors (Lipinski definition) is 0. The highest BCUT2D eigenvalue weighted by Crippen LogP contribution is 2.20. The average Bonchev–Trinajstić information content (AvgIpc) is 2.03. The van der Waals surface area contributed by atoms with Crippen molar-refractivity contribution in [3.63, 3.8) is 0 Å².